The molecule has 0 spiro atoms. The van der Waals surface area contributed by atoms with Gasteiger partial charge >= 0.3 is 0 Å². The number of hydrogen-bond donors (Lipinski definition) is 3. The third-order valence-corrected chi connectivity index (χ3v) is 7.99. The minimum Gasteiger partial charge on any atom is -0.507 e. The number of methoxy groups -OCH3 is 1. The van der Waals surface area contributed by atoms with Gasteiger partial charge in [0, 0.05) is 23.0 Å². The predicted octanol–water partition coefficient (Wildman–Crippen LogP) is 5.73. The number of amides is 1. The van der Waals surface area contributed by atoms with Gasteiger partial charge in [-0.15, -0.1) is 11.3 Å². The molecule has 0 unspecified atom stereocenters. The number of nitrogens with one attached hydrogen (secondary N) is 2. The zero-order chi connectivity index (χ0) is 26.0. The number of nitrogens with zero attached hydrogens (tertiary/aromatic N) is 1. The fourth-order valence-corrected chi connectivity index (χ4v) is 5.72. The fraction of sp³-hybridized carbons (Fsp3) is 0.0370. The summed E-state index contributed by atoms with van der Waals surface area (Å²) in [5.74, 6) is 0.0623. The first kappa shape index (κ1) is 24.3. The Labute approximate surface area is 217 Å². The van der Waals surface area contributed by atoms with Crippen molar-refractivity contribution in [2.45, 2.75) is 4.90 Å². The Balaban J connectivity index is 1.31. The van der Waals surface area contributed by atoms with Gasteiger partial charge in [0.1, 0.15) is 16.5 Å². The highest BCUT2D eigenvalue weighted by Crippen LogP contribution is 2.36. The molecule has 0 saturated heterocycles. The highest BCUT2D eigenvalue weighted by molar-refractivity contribution is 7.92. The van der Waals surface area contributed by atoms with Gasteiger partial charge in [-0.3, -0.25) is 9.52 Å². The number of aromatic hydroxyl groups is 1. The van der Waals surface area contributed by atoms with Crippen LogP contribution in [0.3, 0.4) is 0 Å². The van der Waals surface area contributed by atoms with Crippen LogP contribution < -0.4 is 14.8 Å². The van der Waals surface area contributed by atoms with E-state index >= 15 is 0 Å². The lowest BCUT2D eigenvalue weighted by molar-refractivity contribution is 0.102. The molecule has 10 heteroatoms. The molecule has 0 aliphatic heterocycles. The van der Waals surface area contributed by atoms with Crippen molar-refractivity contribution in [3.63, 3.8) is 0 Å². The van der Waals surface area contributed by atoms with E-state index in [4.69, 9.17) is 4.74 Å². The molecule has 1 aromatic heterocycles. The molecule has 4 aromatic carbocycles. The van der Waals surface area contributed by atoms with Crippen LogP contribution in [-0.4, -0.2) is 31.5 Å². The molecule has 0 fully saturated rings. The molecule has 0 aliphatic carbocycles. The third kappa shape index (κ3) is 5.25. The van der Waals surface area contributed by atoms with Crippen molar-refractivity contribution < 1.29 is 23.1 Å². The average Bonchev–Trinajstić information content (AvgIpc) is 3.32. The second-order valence-corrected chi connectivity index (χ2v) is 10.7. The van der Waals surface area contributed by atoms with E-state index in [0.717, 1.165) is 10.2 Å². The van der Waals surface area contributed by atoms with Gasteiger partial charge in [-0.1, -0.05) is 18.2 Å². The Morgan fingerprint density at radius 2 is 1.70 bits per heavy atom. The number of benzene rings is 4. The molecule has 0 bridgehead atoms. The smallest absolute Gasteiger partial charge is 0.261 e. The first-order valence-electron chi connectivity index (χ1n) is 11.1. The van der Waals surface area contributed by atoms with Gasteiger partial charge in [0.05, 0.1) is 27.8 Å². The molecule has 186 valence electrons. The second kappa shape index (κ2) is 9.92. The first-order valence-corrected chi connectivity index (χ1v) is 13.4. The second-order valence-electron chi connectivity index (χ2n) is 8.03. The first-order chi connectivity index (χ1) is 17.8. The van der Waals surface area contributed by atoms with Gasteiger partial charge in [-0.2, -0.15) is 0 Å². The summed E-state index contributed by atoms with van der Waals surface area (Å²) in [6, 6.07) is 24.6. The van der Waals surface area contributed by atoms with Crippen LogP contribution in [-0.2, 0) is 10.0 Å². The number of sulfonamides is 1. The molecule has 1 heterocycles. The summed E-state index contributed by atoms with van der Waals surface area (Å²) < 4.78 is 34.0. The van der Waals surface area contributed by atoms with Crippen LogP contribution in [0.25, 0.3) is 20.8 Å². The van der Waals surface area contributed by atoms with Gasteiger partial charge in [0.2, 0.25) is 0 Å². The number of para-hydroxylation sites is 1. The monoisotopic (exact) mass is 531 g/mol. The van der Waals surface area contributed by atoms with Gasteiger partial charge < -0.3 is 15.2 Å². The maximum atomic E-state index is 12.9. The molecule has 5 rings (SSSR count). The SMILES string of the molecule is COc1ccc(S(=O)(=O)Nc2cccc(C(=O)Nc3ccc(-c4nc5ccccc5s4)c(O)c3)c2)cc1. The van der Waals surface area contributed by atoms with Gasteiger partial charge in [0.25, 0.3) is 15.9 Å². The molecule has 37 heavy (non-hydrogen) atoms. The van der Waals surface area contributed by atoms with Gasteiger partial charge in [-0.05, 0) is 66.7 Å². The summed E-state index contributed by atoms with van der Waals surface area (Å²) >= 11 is 1.47. The van der Waals surface area contributed by atoms with Crippen LogP contribution in [0.2, 0.25) is 0 Å². The average molecular weight is 532 g/mol. The predicted molar refractivity (Wildman–Crippen MR) is 145 cm³/mol. The van der Waals surface area contributed by atoms with E-state index in [0.29, 0.717) is 22.0 Å². The molecular weight excluding hydrogens is 510 g/mol. The van der Waals surface area contributed by atoms with Crippen molar-refractivity contribution in [2.24, 2.45) is 0 Å². The van der Waals surface area contributed by atoms with Crippen LogP contribution in [0.4, 0.5) is 11.4 Å². The molecule has 0 aliphatic rings. The van der Waals surface area contributed by atoms with Gasteiger partial charge in [-0.25, -0.2) is 13.4 Å². The van der Waals surface area contributed by atoms with Crippen LogP contribution in [0.1, 0.15) is 10.4 Å². The van der Waals surface area contributed by atoms with E-state index in [2.05, 4.69) is 15.0 Å². The summed E-state index contributed by atoms with van der Waals surface area (Å²) in [5.41, 5.74) is 2.27. The number of carbonyl (C=O) groups excluding carboxylic acids is 1. The minimum absolute atomic E-state index is 0.0159. The van der Waals surface area contributed by atoms with Crippen molar-refractivity contribution in [1.29, 1.82) is 0 Å². The fourth-order valence-electron chi connectivity index (χ4n) is 3.67. The zero-order valence-electron chi connectivity index (χ0n) is 19.5. The largest absolute Gasteiger partial charge is 0.507 e. The van der Waals surface area contributed by atoms with Crippen LogP contribution in [0.5, 0.6) is 11.5 Å². The number of ether oxygens (including phenoxy) is 1. The van der Waals surface area contributed by atoms with Crippen molar-refractivity contribution in [1.82, 2.24) is 4.98 Å². The summed E-state index contributed by atoms with van der Waals surface area (Å²) in [6.07, 6.45) is 0. The van der Waals surface area contributed by atoms with Crippen molar-refractivity contribution in [2.75, 3.05) is 17.1 Å². The Morgan fingerprint density at radius 1 is 0.919 bits per heavy atom. The molecule has 8 nitrogen and oxygen atoms in total. The molecule has 3 N–H and O–H groups in total. The number of phenols is 1. The molecule has 0 saturated carbocycles. The lowest BCUT2D eigenvalue weighted by Gasteiger charge is -2.11. The van der Waals surface area contributed by atoms with Crippen molar-refractivity contribution >= 4 is 48.9 Å². The van der Waals surface area contributed by atoms with Crippen LogP contribution in [0.15, 0.2) is 95.9 Å². The standard InChI is InChI=1S/C27H21N3O5S2/c1-35-20-10-12-21(13-11-20)37(33,34)30-19-6-4-5-17(15-19)26(32)28-18-9-14-22(24(31)16-18)27-29-23-7-2-3-8-25(23)36-27/h2-16,30-31H,1H3,(H,28,32). The van der Waals surface area contributed by atoms with Crippen LogP contribution in [0, 0.1) is 0 Å². The molecular formula is C27H21N3O5S2. The van der Waals surface area contributed by atoms with Crippen molar-refractivity contribution in [3.8, 4) is 22.1 Å². The van der Waals surface area contributed by atoms with E-state index in [-0.39, 0.29) is 21.9 Å². The summed E-state index contributed by atoms with van der Waals surface area (Å²) in [5, 5.41) is 14.0. The number of fused-ring (bicyclic) bond motifs is 1. The Hall–Kier alpha value is -4.41. The van der Waals surface area contributed by atoms with Crippen LogP contribution >= 0.6 is 11.3 Å². The third-order valence-electron chi connectivity index (χ3n) is 5.53. The highest BCUT2D eigenvalue weighted by atomic mass is 32.2. The summed E-state index contributed by atoms with van der Waals surface area (Å²) in [4.78, 5) is 17.5. The number of carbonyl (C=O) groups is 1. The summed E-state index contributed by atoms with van der Waals surface area (Å²) in [6.45, 7) is 0. The number of anilines is 2. The van der Waals surface area contributed by atoms with E-state index in [1.807, 2.05) is 24.3 Å². The zero-order valence-corrected chi connectivity index (χ0v) is 21.1. The molecule has 1 amide bonds. The number of thiazole rings is 1. The molecule has 0 atom stereocenters. The van der Waals surface area contributed by atoms with E-state index in [1.54, 1.807) is 42.5 Å². The van der Waals surface area contributed by atoms with Gasteiger partial charge in [0.15, 0.2) is 0 Å². The molecule has 5 aromatic rings. The quantitative estimate of drug-likeness (QED) is 0.247. The van der Waals surface area contributed by atoms with E-state index in [9.17, 15) is 18.3 Å². The molecule has 0 radical (unpaired) electrons. The minimum atomic E-state index is -3.86. The maximum absolute atomic E-state index is 12.9. The number of hydrogen-bond acceptors (Lipinski definition) is 7. The lowest BCUT2D eigenvalue weighted by Crippen LogP contribution is -2.15. The lowest BCUT2D eigenvalue weighted by atomic mass is 10.1. The Kier molecular flexibility index (Phi) is 6.51. The highest BCUT2D eigenvalue weighted by Gasteiger charge is 2.16. The maximum Gasteiger partial charge on any atom is 0.261 e. The Bertz CT molecular complexity index is 1680. The topological polar surface area (TPSA) is 118 Å². The number of phenolic OH excluding ortho intramolecular Hbond substituents is 1. The van der Waals surface area contributed by atoms with E-state index < -0.39 is 15.9 Å². The Morgan fingerprint density at radius 3 is 2.43 bits per heavy atom. The number of rotatable bonds is 7. The summed E-state index contributed by atoms with van der Waals surface area (Å²) in [7, 11) is -2.36. The number of aromatic nitrogens is 1. The van der Waals surface area contributed by atoms with Crippen molar-refractivity contribution in [3.05, 3.63) is 96.6 Å². The normalized spacial score (nSPS) is 11.3. The van der Waals surface area contributed by atoms with E-state index in [1.165, 1.54) is 42.7 Å².